The average Bonchev–Trinajstić information content (AvgIpc) is 3.24. The molecule has 4 aromatic rings. The van der Waals surface area contributed by atoms with E-state index in [4.69, 9.17) is 16.0 Å². The maximum atomic E-state index is 13.4. The van der Waals surface area contributed by atoms with Crippen molar-refractivity contribution in [3.8, 4) is 11.5 Å². The number of hydrogen-bond donors (Lipinski definition) is 0. The van der Waals surface area contributed by atoms with Gasteiger partial charge in [-0.1, -0.05) is 48.9 Å². The van der Waals surface area contributed by atoms with Crippen LogP contribution in [-0.2, 0) is 13.6 Å². The first-order valence-corrected chi connectivity index (χ1v) is 10.2. The number of nitrogens with zero attached hydrogens (tertiary/aromatic N) is 5. The molecule has 0 aliphatic rings. The van der Waals surface area contributed by atoms with Crippen molar-refractivity contribution in [2.75, 3.05) is 6.54 Å². The number of aromatic nitrogens is 4. The Hall–Kier alpha value is -3.52. The van der Waals surface area contributed by atoms with Crippen LogP contribution in [0.3, 0.4) is 0 Å². The normalized spacial score (nSPS) is 11.1. The van der Waals surface area contributed by atoms with Gasteiger partial charge < -0.3 is 9.32 Å². The molecule has 0 radical (unpaired) electrons. The van der Waals surface area contributed by atoms with E-state index < -0.39 is 0 Å². The molecule has 158 valence electrons. The number of benzene rings is 2. The van der Waals surface area contributed by atoms with Gasteiger partial charge in [-0.05, 0) is 24.6 Å². The van der Waals surface area contributed by atoms with E-state index in [1.54, 1.807) is 41.3 Å². The van der Waals surface area contributed by atoms with Crippen molar-refractivity contribution in [2.24, 2.45) is 7.05 Å². The molecule has 8 nitrogen and oxygen atoms in total. The molecular formula is C22H20ClN5O3. The number of rotatable bonds is 6. The molecule has 9 heteroatoms. The average molecular weight is 438 g/mol. The number of halogens is 1. The number of amides is 1. The van der Waals surface area contributed by atoms with Gasteiger partial charge in [0, 0.05) is 19.0 Å². The van der Waals surface area contributed by atoms with Gasteiger partial charge in [-0.2, -0.15) is 5.10 Å². The highest BCUT2D eigenvalue weighted by Crippen LogP contribution is 2.26. The Labute approximate surface area is 183 Å². The third-order valence-corrected chi connectivity index (χ3v) is 5.17. The molecule has 1 amide bonds. The van der Waals surface area contributed by atoms with Gasteiger partial charge in [-0.25, -0.2) is 4.68 Å². The topological polar surface area (TPSA) is 94.1 Å². The standard InChI is InChI=1S/C22H20ClN5O3/c1-3-12-28(13-18-24-25-20(31-18)16-10-6-7-11-17(16)23)22(30)19-14-8-4-5-9-15(14)21(29)27(2)26-19/h4-11H,3,12-13H2,1-2H3. The van der Waals surface area contributed by atoms with Gasteiger partial charge >= 0.3 is 0 Å². The fraction of sp³-hybridized carbons (Fsp3) is 0.227. The highest BCUT2D eigenvalue weighted by molar-refractivity contribution is 6.33. The lowest BCUT2D eigenvalue weighted by Gasteiger charge is -2.20. The molecule has 0 N–H and O–H groups in total. The second-order valence-electron chi connectivity index (χ2n) is 7.03. The van der Waals surface area contributed by atoms with E-state index in [2.05, 4.69) is 15.3 Å². The smallest absolute Gasteiger partial charge is 0.275 e. The van der Waals surface area contributed by atoms with Crippen LogP contribution in [0.2, 0.25) is 5.02 Å². The molecule has 0 saturated heterocycles. The lowest BCUT2D eigenvalue weighted by Crippen LogP contribution is -2.34. The number of aryl methyl sites for hydroxylation is 1. The molecule has 2 heterocycles. The predicted molar refractivity (Wildman–Crippen MR) is 117 cm³/mol. The van der Waals surface area contributed by atoms with Gasteiger partial charge in [0.05, 0.1) is 22.5 Å². The van der Waals surface area contributed by atoms with E-state index >= 15 is 0 Å². The number of carbonyl (C=O) groups excluding carboxylic acids is 1. The largest absolute Gasteiger partial charge is 0.419 e. The highest BCUT2D eigenvalue weighted by atomic mass is 35.5. The van der Waals surface area contributed by atoms with Gasteiger partial charge in [0.2, 0.25) is 11.8 Å². The minimum Gasteiger partial charge on any atom is -0.419 e. The summed E-state index contributed by atoms with van der Waals surface area (Å²) in [6, 6.07) is 14.1. The van der Waals surface area contributed by atoms with E-state index in [9.17, 15) is 9.59 Å². The molecule has 0 bridgehead atoms. The third-order valence-electron chi connectivity index (χ3n) is 4.84. The first kappa shape index (κ1) is 20.7. The Kier molecular flexibility index (Phi) is 5.81. The van der Waals surface area contributed by atoms with Crippen LogP contribution in [0.5, 0.6) is 0 Å². The van der Waals surface area contributed by atoms with E-state index in [0.717, 1.165) is 6.42 Å². The summed E-state index contributed by atoms with van der Waals surface area (Å²) in [4.78, 5) is 27.4. The van der Waals surface area contributed by atoms with Crippen LogP contribution in [0.25, 0.3) is 22.2 Å². The monoisotopic (exact) mass is 437 g/mol. The van der Waals surface area contributed by atoms with Crippen molar-refractivity contribution in [3.05, 3.63) is 75.5 Å². The Morgan fingerprint density at radius 3 is 2.55 bits per heavy atom. The fourth-order valence-corrected chi connectivity index (χ4v) is 3.57. The molecule has 0 spiro atoms. The first-order chi connectivity index (χ1) is 15.0. The molecule has 2 aromatic heterocycles. The zero-order valence-electron chi connectivity index (χ0n) is 17.1. The molecule has 31 heavy (non-hydrogen) atoms. The summed E-state index contributed by atoms with van der Waals surface area (Å²) < 4.78 is 6.95. The minimum absolute atomic E-state index is 0.114. The summed E-state index contributed by atoms with van der Waals surface area (Å²) in [6.07, 6.45) is 0.723. The fourth-order valence-electron chi connectivity index (χ4n) is 3.35. The van der Waals surface area contributed by atoms with Gasteiger partial charge in [0.1, 0.15) is 0 Å². The molecule has 4 rings (SSSR count). The summed E-state index contributed by atoms with van der Waals surface area (Å²) in [6.45, 7) is 2.54. The number of fused-ring (bicyclic) bond motifs is 1. The van der Waals surface area contributed by atoms with Crippen LogP contribution in [0.4, 0.5) is 0 Å². The Morgan fingerprint density at radius 1 is 1.10 bits per heavy atom. The molecule has 0 atom stereocenters. The van der Waals surface area contributed by atoms with Crippen molar-refractivity contribution in [1.29, 1.82) is 0 Å². The van der Waals surface area contributed by atoms with Crippen LogP contribution >= 0.6 is 11.6 Å². The van der Waals surface area contributed by atoms with Gasteiger partial charge in [-0.3, -0.25) is 9.59 Å². The first-order valence-electron chi connectivity index (χ1n) is 9.82. The number of hydrogen-bond acceptors (Lipinski definition) is 6. The Bertz CT molecular complexity index is 1310. The van der Waals surface area contributed by atoms with E-state index in [-0.39, 0.29) is 35.5 Å². The number of carbonyl (C=O) groups is 1. The van der Waals surface area contributed by atoms with E-state index in [1.807, 2.05) is 19.1 Å². The molecule has 0 saturated carbocycles. The molecule has 2 aromatic carbocycles. The lowest BCUT2D eigenvalue weighted by molar-refractivity contribution is 0.0722. The van der Waals surface area contributed by atoms with Crippen molar-refractivity contribution in [1.82, 2.24) is 24.9 Å². The predicted octanol–water partition coefficient (Wildman–Crippen LogP) is 3.69. The van der Waals surface area contributed by atoms with Crippen LogP contribution in [0.15, 0.2) is 57.7 Å². The molecule has 0 aliphatic carbocycles. The van der Waals surface area contributed by atoms with Crippen molar-refractivity contribution < 1.29 is 9.21 Å². The maximum Gasteiger partial charge on any atom is 0.275 e. The molecule has 0 unspecified atom stereocenters. The Balaban J connectivity index is 1.67. The highest BCUT2D eigenvalue weighted by Gasteiger charge is 2.23. The van der Waals surface area contributed by atoms with Crippen LogP contribution in [-0.4, -0.2) is 37.3 Å². The van der Waals surface area contributed by atoms with Gasteiger partial charge in [0.25, 0.3) is 11.5 Å². The summed E-state index contributed by atoms with van der Waals surface area (Å²) >= 11 is 6.21. The molecular weight excluding hydrogens is 418 g/mol. The van der Waals surface area contributed by atoms with E-state index in [0.29, 0.717) is 27.9 Å². The summed E-state index contributed by atoms with van der Waals surface area (Å²) in [7, 11) is 1.53. The van der Waals surface area contributed by atoms with Crippen molar-refractivity contribution >= 4 is 28.3 Å². The summed E-state index contributed by atoms with van der Waals surface area (Å²) in [5, 5.41) is 13.8. The second-order valence-corrected chi connectivity index (χ2v) is 7.44. The minimum atomic E-state index is -0.314. The van der Waals surface area contributed by atoms with Crippen LogP contribution < -0.4 is 5.56 Å². The second kappa shape index (κ2) is 8.69. The molecule has 0 aliphatic heterocycles. The third kappa shape index (κ3) is 4.06. The SMILES string of the molecule is CCCN(Cc1nnc(-c2ccccc2Cl)o1)C(=O)c1nn(C)c(=O)c2ccccc12. The zero-order valence-corrected chi connectivity index (χ0v) is 17.8. The van der Waals surface area contributed by atoms with Crippen LogP contribution in [0.1, 0.15) is 29.7 Å². The lowest BCUT2D eigenvalue weighted by atomic mass is 10.1. The zero-order chi connectivity index (χ0) is 22.0. The van der Waals surface area contributed by atoms with Crippen LogP contribution in [0, 0.1) is 0 Å². The summed E-state index contributed by atoms with van der Waals surface area (Å²) in [5.74, 6) is 0.257. The quantitative estimate of drug-likeness (QED) is 0.456. The van der Waals surface area contributed by atoms with Crippen molar-refractivity contribution in [2.45, 2.75) is 19.9 Å². The maximum absolute atomic E-state index is 13.4. The van der Waals surface area contributed by atoms with E-state index in [1.165, 1.54) is 11.7 Å². The summed E-state index contributed by atoms with van der Waals surface area (Å²) in [5.41, 5.74) is 0.578. The molecule has 0 fully saturated rings. The van der Waals surface area contributed by atoms with Gasteiger partial charge in [-0.15, -0.1) is 10.2 Å². The van der Waals surface area contributed by atoms with Crippen molar-refractivity contribution in [3.63, 3.8) is 0 Å². The van der Waals surface area contributed by atoms with Gasteiger partial charge in [0.15, 0.2) is 5.69 Å². The Morgan fingerprint density at radius 2 is 1.81 bits per heavy atom.